The summed E-state index contributed by atoms with van der Waals surface area (Å²) in [5, 5.41) is 8.18. The van der Waals surface area contributed by atoms with Crippen molar-refractivity contribution in [1.29, 1.82) is 0 Å². The van der Waals surface area contributed by atoms with Gasteiger partial charge in [-0.1, -0.05) is 35.3 Å². The lowest BCUT2D eigenvalue weighted by Crippen LogP contribution is -2.27. The van der Waals surface area contributed by atoms with Crippen LogP contribution < -0.4 is 5.32 Å². The predicted molar refractivity (Wildman–Crippen MR) is 73.2 cm³/mol. The molecule has 0 saturated carbocycles. The minimum Gasteiger partial charge on any atom is -0.338 e. The molecule has 0 bridgehead atoms. The van der Waals surface area contributed by atoms with Crippen molar-refractivity contribution in [3.8, 4) is 0 Å². The first-order chi connectivity index (χ1) is 9.31. The van der Waals surface area contributed by atoms with E-state index in [1.165, 1.54) is 12.8 Å². The maximum atomic E-state index is 5.96. The second-order valence-electron chi connectivity index (χ2n) is 4.86. The van der Waals surface area contributed by atoms with Crippen molar-refractivity contribution in [3.63, 3.8) is 0 Å². The third-order valence-corrected chi connectivity index (χ3v) is 3.58. The lowest BCUT2D eigenvalue weighted by molar-refractivity contribution is 0.296. The number of rotatable bonds is 3. The Morgan fingerprint density at radius 1 is 1.37 bits per heavy atom. The molecule has 2 heterocycles. The van der Waals surface area contributed by atoms with Crippen molar-refractivity contribution in [1.82, 2.24) is 15.5 Å². The molecule has 0 unspecified atom stereocenters. The van der Waals surface area contributed by atoms with Gasteiger partial charge in [0.1, 0.15) is 0 Å². The second-order valence-corrected chi connectivity index (χ2v) is 5.29. The number of halogens is 1. The highest BCUT2D eigenvalue weighted by atomic mass is 35.5. The summed E-state index contributed by atoms with van der Waals surface area (Å²) in [5.41, 5.74) is 1.09. The SMILES string of the molecule is Clc1cccc(Cc2noc([C@H]3CCCCN3)n2)c1. The maximum Gasteiger partial charge on any atom is 0.243 e. The number of hydrogen-bond acceptors (Lipinski definition) is 4. The normalized spacial score (nSPS) is 19.5. The van der Waals surface area contributed by atoms with Crippen molar-refractivity contribution in [2.24, 2.45) is 0 Å². The summed E-state index contributed by atoms with van der Waals surface area (Å²) in [6.45, 7) is 1.02. The van der Waals surface area contributed by atoms with Crippen molar-refractivity contribution in [2.75, 3.05) is 6.54 Å². The van der Waals surface area contributed by atoms with E-state index in [0.29, 0.717) is 18.1 Å². The van der Waals surface area contributed by atoms with E-state index in [-0.39, 0.29) is 6.04 Å². The molecule has 19 heavy (non-hydrogen) atoms. The highest BCUT2D eigenvalue weighted by Gasteiger charge is 2.20. The van der Waals surface area contributed by atoms with Crippen molar-refractivity contribution < 1.29 is 4.52 Å². The molecule has 3 rings (SSSR count). The molecule has 0 radical (unpaired) electrons. The highest BCUT2D eigenvalue weighted by Crippen LogP contribution is 2.22. The van der Waals surface area contributed by atoms with E-state index in [0.717, 1.165) is 23.6 Å². The zero-order valence-corrected chi connectivity index (χ0v) is 11.4. The quantitative estimate of drug-likeness (QED) is 0.936. The predicted octanol–water partition coefficient (Wildman–Crippen LogP) is 3.13. The van der Waals surface area contributed by atoms with Crippen LogP contribution in [0.2, 0.25) is 5.02 Å². The van der Waals surface area contributed by atoms with Crippen LogP contribution in [-0.4, -0.2) is 16.7 Å². The molecule has 0 aliphatic carbocycles. The van der Waals surface area contributed by atoms with Crippen LogP contribution in [0.25, 0.3) is 0 Å². The second kappa shape index (κ2) is 5.72. The Balaban J connectivity index is 1.70. The highest BCUT2D eigenvalue weighted by molar-refractivity contribution is 6.30. The minimum absolute atomic E-state index is 0.217. The minimum atomic E-state index is 0.217. The van der Waals surface area contributed by atoms with Gasteiger partial charge < -0.3 is 9.84 Å². The van der Waals surface area contributed by atoms with Gasteiger partial charge >= 0.3 is 0 Å². The van der Waals surface area contributed by atoms with Crippen LogP contribution in [0.5, 0.6) is 0 Å². The van der Waals surface area contributed by atoms with Crippen molar-refractivity contribution in [2.45, 2.75) is 31.7 Å². The first-order valence-corrected chi connectivity index (χ1v) is 6.99. The first kappa shape index (κ1) is 12.6. The van der Waals surface area contributed by atoms with Crippen LogP contribution in [0.3, 0.4) is 0 Å². The van der Waals surface area contributed by atoms with Crippen molar-refractivity contribution in [3.05, 3.63) is 46.6 Å². The van der Waals surface area contributed by atoms with Gasteiger partial charge in [0.05, 0.1) is 6.04 Å². The average molecular weight is 278 g/mol. The number of benzene rings is 1. The summed E-state index contributed by atoms with van der Waals surface area (Å²) in [5.74, 6) is 1.42. The number of piperidine rings is 1. The van der Waals surface area contributed by atoms with E-state index in [9.17, 15) is 0 Å². The zero-order valence-electron chi connectivity index (χ0n) is 10.6. The molecule has 1 aliphatic heterocycles. The number of aromatic nitrogens is 2. The molecular formula is C14H16ClN3O. The van der Waals surface area contributed by atoms with Crippen LogP contribution in [0.1, 0.15) is 42.6 Å². The van der Waals surface area contributed by atoms with Crippen molar-refractivity contribution >= 4 is 11.6 Å². The molecule has 1 fully saturated rings. The number of hydrogen-bond donors (Lipinski definition) is 1. The van der Waals surface area contributed by atoms with E-state index in [1.54, 1.807) is 0 Å². The van der Waals surface area contributed by atoms with Gasteiger partial charge in [-0.3, -0.25) is 0 Å². The third kappa shape index (κ3) is 3.14. The Morgan fingerprint density at radius 2 is 2.32 bits per heavy atom. The van der Waals surface area contributed by atoms with Crippen LogP contribution in [-0.2, 0) is 6.42 Å². The Labute approximate surface area is 117 Å². The molecule has 0 amide bonds. The molecule has 4 nitrogen and oxygen atoms in total. The van der Waals surface area contributed by atoms with Crippen LogP contribution in [0.4, 0.5) is 0 Å². The molecule has 100 valence electrons. The van der Waals surface area contributed by atoms with Gasteiger partial charge in [-0.2, -0.15) is 4.98 Å². The lowest BCUT2D eigenvalue weighted by Gasteiger charge is -2.19. The Morgan fingerprint density at radius 3 is 3.11 bits per heavy atom. The zero-order chi connectivity index (χ0) is 13.1. The van der Waals surface area contributed by atoms with Gasteiger partial charge in [0, 0.05) is 11.4 Å². The van der Waals surface area contributed by atoms with E-state index >= 15 is 0 Å². The molecule has 1 aromatic heterocycles. The number of nitrogens with zero attached hydrogens (tertiary/aromatic N) is 2. The molecule has 1 saturated heterocycles. The standard InChI is InChI=1S/C14H16ClN3O/c15-11-5-3-4-10(8-11)9-13-17-14(19-18-13)12-6-1-2-7-16-12/h3-5,8,12,16H,1-2,6-7,9H2/t12-/m1/s1. The summed E-state index contributed by atoms with van der Waals surface area (Å²) in [6, 6.07) is 7.95. The summed E-state index contributed by atoms with van der Waals surface area (Å²) >= 11 is 5.96. The molecular weight excluding hydrogens is 262 g/mol. The Kier molecular flexibility index (Phi) is 3.80. The number of nitrogens with one attached hydrogen (secondary N) is 1. The molecule has 5 heteroatoms. The molecule has 1 atom stereocenters. The van der Waals surface area contributed by atoms with Gasteiger partial charge in [0.15, 0.2) is 5.82 Å². The van der Waals surface area contributed by atoms with Gasteiger partial charge in [-0.05, 0) is 37.1 Å². The Hall–Kier alpha value is -1.39. The largest absolute Gasteiger partial charge is 0.338 e. The van der Waals surface area contributed by atoms with Gasteiger partial charge in [0.2, 0.25) is 5.89 Å². The Bertz CT molecular complexity index is 549. The van der Waals surface area contributed by atoms with E-state index in [4.69, 9.17) is 16.1 Å². The monoisotopic (exact) mass is 277 g/mol. The lowest BCUT2D eigenvalue weighted by atomic mass is 10.1. The van der Waals surface area contributed by atoms with E-state index < -0.39 is 0 Å². The van der Waals surface area contributed by atoms with Gasteiger partial charge in [0.25, 0.3) is 0 Å². The summed E-state index contributed by atoms with van der Waals surface area (Å²) in [7, 11) is 0. The van der Waals surface area contributed by atoms with E-state index in [2.05, 4.69) is 15.5 Å². The summed E-state index contributed by atoms with van der Waals surface area (Å²) < 4.78 is 5.35. The van der Waals surface area contributed by atoms with Gasteiger partial charge in [-0.15, -0.1) is 0 Å². The molecule has 1 N–H and O–H groups in total. The average Bonchev–Trinajstić information content (AvgIpc) is 2.88. The fourth-order valence-corrected chi connectivity index (χ4v) is 2.59. The third-order valence-electron chi connectivity index (χ3n) is 3.34. The molecule has 1 aromatic carbocycles. The molecule has 1 aliphatic rings. The van der Waals surface area contributed by atoms with Crippen LogP contribution in [0.15, 0.2) is 28.8 Å². The smallest absolute Gasteiger partial charge is 0.243 e. The molecule has 2 aromatic rings. The van der Waals surface area contributed by atoms with Gasteiger partial charge in [-0.25, -0.2) is 0 Å². The van der Waals surface area contributed by atoms with E-state index in [1.807, 2.05) is 24.3 Å². The summed E-state index contributed by atoms with van der Waals surface area (Å²) in [6.07, 6.45) is 4.15. The fourth-order valence-electron chi connectivity index (χ4n) is 2.37. The fraction of sp³-hybridized carbons (Fsp3) is 0.429. The van der Waals surface area contributed by atoms with Crippen LogP contribution in [0, 0.1) is 0 Å². The van der Waals surface area contributed by atoms with Crippen LogP contribution >= 0.6 is 11.6 Å². The first-order valence-electron chi connectivity index (χ1n) is 6.61. The maximum absolute atomic E-state index is 5.96. The summed E-state index contributed by atoms with van der Waals surface area (Å²) in [4.78, 5) is 4.48. The molecule has 0 spiro atoms. The topological polar surface area (TPSA) is 51.0 Å².